The summed E-state index contributed by atoms with van der Waals surface area (Å²) < 4.78 is 5.16. The molecule has 0 radical (unpaired) electrons. The van der Waals surface area contributed by atoms with Crippen LogP contribution < -0.4 is 5.73 Å². The standard InChI is InChI=1S/C15H20N2O2/c1-3-8-19-15(18)10(2)9-12-11-6-4-5-7-13(11)17-14(12)16/h4-7,10,17H,3,8-9,16H2,1-2H3. The highest BCUT2D eigenvalue weighted by atomic mass is 16.5. The second-order valence-electron chi connectivity index (χ2n) is 4.84. The van der Waals surface area contributed by atoms with Crippen LogP contribution in [0.2, 0.25) is 0 Å². The maximum atomic E-state index is 11.8. The first-order chi connectivity index (χ1) is 9.13. The van der Waals surface area contributed by atoms with Crippen molar-refractivity contribution in [3.63, 3.8) is 0 Å². The molecule has 1 unspecified atom stereocenters. The molecule has 102 valence electrons. The highest BCUT2D eigenvalue weighted by molar-refractivity contribution is 5.88. The fourth-order valence-electron chi connectivity index (χ4n) is 2.18. The van der Waals surface area contributed by atoms with Gasteiger partial charge in [0.15, 0.2) is 0 Å². The number of aromatic amines is 1. The highest BCUT2D eigenvalue weighted by Gasteiger charge is 2.18. The Morgan fingerprint density at radius 1 is 1.42 bits per heavy atom. The molecule has 0 fully saturated rings. The van der Waals surface area contributed by atoms with Crippen LogP contribution >= 0.6 is 0 Å². The van der Waals surface area contributed by atoms with Crippen LogP contribution in [0.5, 0.6) is 0 Å². The lowest BCUT2D eigenvalue weighted by Gasteiger charge is -2.11. The monoisotopic (exact) mass is 260 g/mol. The number of carbonyl (C=O) groups is 1. The van der Waals surface area contributed by atoms with Gasteiger partial charge < -0.3 is 15.5 Å². The van der Waals surface area contributed by atoms with Gasteiger partial charge in [0.25, 0.3) is 0 Å². The van der Waals surface area contributed by atoms with E-state index >= 15 is 0 Å². The SMILES string of the molecule is CCCOC(=O)C(C)Cc1c(N)[nH]c2ccccc12. The summed E-state index contributed by atoms with van der Waals surface area (Å²) in [4.78, 5) is 14.9. The first-order valence-electron chi connectivity index (χ1n) is 6.65. The van der Waals surface area contributed by atoms with E-state index in [1.807, 2.05) is 38.1 Å². The van der Waals surface area contributed by atoms with Gasteiger partial charge in [-0.05, 0) is 18.9 Å². The summed E-state index contributed by atoms with van der Waals surface area (Å²) in [5.74, 6) is 0.288. The first kappa shape index (κ1) is 13.5. The number of hydrogen-bond donors (Lipinski definition) is 2. The number of hydrogen-bond acceptors (Lipinski definition) is 3. The lowest BCUT2D eigenvalue weighted by Crippen LogP contribution is -2.17. The van der Waals surface area contributed by atoms with Crippen molar-refractivity contribution in [3.8, 4) is 0 Å². The molecular formula is C15H20N2O2. The zero-order valence-corrected chi connectivity index (χ0v) is 11.4. The van der Waals surface area contributed by atoms with Crippen LogP contribution in [0.1, 0.15) is 25.8 Å². The Morgan fingerprint density at radius 2 is 2.16 bits per heavy atom. The van der Waals surface area contributed by atoms with E-state index in [4.69, 9.17) is 10.5 Å². The summed E-state index contributed by atoms with van der Waals surface area (Å²) in [7, 11) is 0. The molecule has 1 aromatic carbocycles. The van der Waals surface area contributed by atoms with E-state index in [2.05, 4.69) is 4.98 Å². The van der Waals surface area contributed by atoms with Gasteiger partial charge >= 0.3 is 5.97 Å². The van der Waals surface area contributed by atoms with Gasteiger partial charge in [-0.15, -0.1) is 0 Å². The molecule has 0 aliphatic rings. The van der Waals surface area contributed by atoms with E-state index in [0.29, 0.717) is 18.8 Å². The number of esters is 1. The fraction of sp³-hybridized carbons (Fsp3) is 0.400. The van der Waals surface area contributed by atoms with Gasteiger partial charge in [0.1, 0.15) is 5.82 Å². The van der Waals surface area contributed by atoms with E-state index in [-0.39, 0.29) is 11.9 Å². The van der Waals surface area contributed by atoms with Crippen LogP contribution in [0.25, 0.3) is 10.9 Å². The number of para-hydroxylation sites is 1. The largest absolute Gasteiger partial charge is 0.465 e. The predicted octanol–water partition coefficient (Wildman–Crippen LogP) is 2.88. The summed E-state index contributed by atoms with van der Waals surface area (Å²) in [6.45, 7) is 4.33. The smallest absolute Gasteiger partial charge is 0.308 e. The number of rotatable bonds is 5. The molecule has 0 saturated carbocycles. The van der Waals surface area contributed by atoms with E-state index in [1.165, 1.54) is 0 Å². The number of nitrogens with two attached hydrogens (primary N) is 1. The summed E-state index contributed by atoms with van der Waals surface area (Å²) in [6, 6.07) is 7.93. The van der Waals surface area contributed by atoms with E-state index in [0.717, 1.165) is 22.9 Å². The number of carbonyl (C=O) groups excluding carboxylic acids is 1. The average Bonchev–Trinajstić information content (AvgIpc) is 2.72. The second-order valence-corrected chi connectivity index (χ2v) is 4.84. The number of benzene rings is 1. The van der Waals surface area contributed by atoms with Crippen molar-refractivity contribution in [2.45, 2.75) is 26.7 Å². The molecule has 3 N–H and O–H groups in total. The third kappa shape index (κ3) is 2.89. The quantitative estimate of drug-likeness (QED) is 0.812. The van der Waals surface area contributed by atoms with Crippen molar-refractivity contribution in [3.05, 3.63) is 29.8 Å². The second kappa shape index (κ2) is 5.78. The maximum Gasteiger partial charge on any atom is 0.308 e. The van der Waals surface area contributed by atoms with E-state index in [1.54, 1.807) is 0 Å². The molecule has 0 bridgehead atoms. The van der Waals surface area contributed by atoms with Gasteiger partial charge in [-0.3, -0.25) is 4.79 Å². The zero-order chi connectivity index (χ0) is 13.8. The number of anilines is 1. The molecule has 0 amide bonds. The van der Waals surface area contributed by atoms with Crippen LogP contribution in [0, 0.1) is 5.92 Å². The number of ether oxygens (including phenoxy) is 1. The van der Waals surface area contributed by atoms with Crippen molar-refractivity contribution in [1.29, 1.82) is 0 Å². The molecule has 4 nitrogen and oxygen atoms in total. The van der Waals surface area contributed by atoms with Crippen molar-refractivity contribution >= 4 is 22.7 Å². The van der Waals surface area contributed by atoms with Gasteiger partial charge in [0.05, 0.1) is 12.5 Å². The Labute approximate surface area is 112 Å². The zero-order valence-electron chi connectivity index (χ0n) is 11.4. The van der Waals surface area contributed by atoms with Gasteiger partial charge in [-0.25, -0.2) is 0 Å². The predicted molar refractivity (Wildman–Crippen MR) is 76.8 cm³/mol. The molecule has 1 aromatic heterocycles. The number of aromatic nitrogens is 1. The van der Waals surface area contributed by atoms with Crippen molar-refractivity contribution in [2.24, 2.45) is 5.92 Å². The lowest BCUT2D eigenvalue weighted by molar-refractivity contribution is -0.147. The van der Waals surface area contributed by atoms with E-state index in [9.17, 15) is 4.79 Å². The van der Waals surface area contributed by atoms with Crippen LogP contribution in [0.4, 0.5) is 5.82 Å². The third-order valence-corrected chi connectivity index (χ3v) is 3.21. The van der Waals surface area contributed by atoms with Crippen LogP contribution in [-0.2, 0) is 16.0 Å². The van der Waals surface area contributed by atoms with Gasteiger partial charge in [-0.1, -0.05) is 32.0 Å². The summed E-state index contributed by atoms with van der Waals surface area (Å²) in [5.41, 5.74) is 7.99. The van der Waals surface area contributed by atoms with Crippen LogP contribution in [0.3, 0.4) is 0 Å². The Bertz CT molecular complexity index is 575. The van der Waals surface area contributed by atoms with Crippen molar-refractivity contribution in [1.82, 2.24) is 4.98 Å². The molecule has 1 atom stereocenters. The number of fused-ring (bicyclic) bond motifs is 1. The van der Waals surface area contributed by atoms with Crippen LogP contribution in [-0.4, -0.2) is 17.6 Å². The molecule has 1 heterocycles. The minimum Gasteiger partial charge on any atom is -0.465 e. The first-order valence-corrected chi connectivity index (χ1v) is 6.65. The summed E-state index contributed by atoms with van der Waals surface area (Å²) in [6.07, 6.45) is 1.44. The normalized spacial score (nSPS) is 12.5. The molecular weight excluding hydrogens is 240 g/mol. The fourth-order valence-corrected chi connectivity index (χ4v) is 2.18. The van der Waals surface area contributed by atoms with Crippen molar-refractivity contribution in [2.75, 3.05) is 12.3 Å². The topological polar surface area (TPSA) is 68.1 Å². The number of H-pyrrole nitrogens is 1. The van der Waals surface area contributed by atoms with Gasteiger partial charge in [0, 0.05) is 16.5 Å². The summed E-state index contributed by atoms with van der Waals surface area (Å²) in [5, 5.41) is 1.08. The average molecular weight is 260 g/mol. The van der Waals surface area contributed by atoms with Crippen molar-refractivity contribution < 1.29 is 9.53 Å². The lowest BCUT2D eigenvalue weighted by atomic mass is 10.00. The Hall–Kier alpha value is -1.97. The molecule has 19 heavy (non-hydrogen) atoms. The number of nitrogens with one attached hydrogen (secondary N) is 1. The minimum atomic E-state index is -0.187. The molecule has 0 aliphatic heterocycles. The Balaban J connectivity index is 2.16. The molecule has 0 aliphatic carbocycles. The highest BCUT2D eigenvalue weighted by Crippen LogP contribution is 2.26. The minimum absolute atomic E-state index is 0.161. The molecule has 0 saturated heterocycles. The molecule has 0 spiro atoms. The maximum absolute atomic E-state index is 11.8. The third-order valence-electron chi connectivity index (χ3n) is 3.21. The summed E-state index contributed by atoms with van der Waals surface area (Å²) >= 11 is 0. The van der Waals surface area contributed by atoms with Gasteiger partial charge in [0.2, 0.25) is 0 Å². The molecule has 4 heteroatoms. The number of nitrogen functional groups attached to an aromatic ring is 1. The van der Waals surface area contributed by atoms with E-state index < -0.39 is 0 Å². The molecule has 2 rings (SSSR count). The molecule has 2 aromatic rings. The van der Waals surface area contributed by atoms with Crippen LogP contribution in [0.15, 0.2) is 24.3 Å². The Kier molecular flexibility index (Phi) is 4.10. The van der Waals surface area contributed by atoms with Gasteiger partial charge in [-0.2, -0.15) is 0 Å². The Morgan fingerprint density at radius 3 is 2.89 bits per heavy atom.